The average Bonchev–Trinajstić information content (AvgIpc) is 2.49. The van der Waals surface area contributed by atoms with Crippen molar-refractivity contribution in [2.45, 2.75) is 17.4 Å². The van der Waals surface area contributed by atoms with Crippen LogP contribution in [0.1, 0.15) is 6.42 Å². The van der Waals surface area contributed by atoms with Gasteiger partial charge in [0, 0.05) is 29.8 Å². The molecular formula is C15H24N2OS. The first-order chi connectivity index (χ1) is 9.38. The molecule has 0 aromatic heterocycles. The Bertz CT molecular complexity index is 341. The van der Waals surface area contributed by atoms with E-state index in [2.05, 4.69) is 47.6 Å². The Morgan fingerprint density at radius 3 is 2.68 bits per heavy atom. The number of morpholine rings is 1. The SMILES string of the molecule is CN[C@H](CCN1CCOCC1)CSc1ccccc1. The predicted octanol–water partition coefficient (Wildman–Crippen LogP) is 2.09. The van der Waals surface area contributed by atoms with Gasteiger partial charge < -0.3 is 10.1 Å². The Labute approximate surface area is 120 Å². The van der Waals surface area contributed by atoms with Crippen LogP contribution in [-0.4, -0.2) is 56.6 Å². The number of thioether (sulfide) groups is 1. The van der Waals surface area contributed by atoms with Crippen molar-refractivity contribution in [3.63, 3.8) is 0 Å². The fourth-order valence-electron chi connectivity index (χ4n) is 2.19. The molecule has 4 heteroatoms. The molecule has 1 aromatic carbocycles. The van der Waals surface area contributed by atoms with Crippen LogP contribution in [0.4, 0.5) is 0 Å². The summed E-state index contributed by atoms with van der Waals surface area (Å²) in [7, 11) is 2.07. The molecule has 1 aromatic rings. The highest BCUT2D eigenvalue weighted by atomic mass is 32.2. The number of hydrogen-bond donors (Lipinski definition) is 1. The molecule has 3 nitrogen and oxygen atoms in total. The molecule has 0 amide bonds. The zero-order chi connectivity index (χ0) is 13.3. The summed E-state index contributed by atoms with van der Waals surface area (Å²) in [6.45, 7) is 5.13. The van der Waals surface area contributed by atoms with Gasteiger partial charge in [-0.1, -0.05) is 18.2 Å². The van der Waals surface area contributed by atoms with Gasteiger partial charge in [0.05, 0.1) is 13.2 Å². The Morgan fingerprint density at radius 1 is 1.26 bits per heavy atom. The quantitative estimate of drug-likeness (QED) is 0.773. The van der Waals surface area contributed by atoms with E-state index in [1.165, 1.54) is 17.9 Å². The van der Waals surface area contributed by atoms with E-state index in [4.69, 9.17) is 4.74 Å². The van der Waals surface area contributed by atoms with Crippen molar-refractivity contribution >= 4 is 11.8 Å². The molecule has 106 valence electrons. The number of nitrogens with zero attached hydrogens (tertiary/aromatic N) is 1. The highest BCUT2D eigenvalue weighted by molar-refractivity contribution is 7.99. The number of ether oxygens (including phenoxy) is 1. The lowest BCUT2D eigenvalue weighted by Crippen LogP contribution is -2.40. The van der Waals surface area contributed by atoms with Crippen LogP contribution in [0.25, 0.3) is 0 Å². The van der Waals surface area contributed by atoms with Crippen LogP contribution in [0.5, 0.6) is 0 Å². The van der Waals surface area contributed by atoms with Crippen molar-refractivity contribution in [1.82, 2.24) is 10.2 Å². The van der Waals surface area contributed by atoms with Gasteiger partial charge in [0.25, 0.3) is 0 Å². The molecule has 0 saturated carbocycles. The first-order valence-electron chi connectivity index (χ1n) is 7.03. The van der Waals surface area contributed by atoms with E-state index in [0.29, 0.717) is 6.04 Å². The van der Waals surface area contributed by atoms with E-state index in [-0.39, 0.29) is 0 Å². The minimum atomic E-state index is 0.577. The van der Waals surface area contributed by atoms with Gasteiger partial charge in [0.1, 0.15) is 0 Å². The predicted molar refractivity (Wildman–Crippen MR) is 81.9 cm³/mol. The molecule has 0 radical (unpaired) electrons. The summed E-state index contributed by atoms with van der Waals surface area (Å²) in [4.78, 5) is 3.86. The summed E-state index contributed by atoms with van der Waals surface area (Å²) >= 11 is 1.93. The van der Waals surface area contributed by atoms with Gasteiger partial charge in [-0.05, 0) is 32.1 Å². The summed E-state index contributed by atoms with van der Waals surface area (Å²) < 4.78 is 5.38. The van der Waals surface area contributed by atoms with Crippen LogP contribution >= 0.6 is 11.8 Å². The van der Waals surface area contributed by atoms with E-state index in [1.54, 1.807) is 0 Å². The van der Waals surface area contributed by atoms with Crippen molar-refractivity contribution < 1.29 is 4.74 Å². The maximum atomic E-state index is 5.38. The van der Waals surface area contributed by atoms with Crippen LogP contribution in [0, 0.1) is 0 Å². The first-order valence-corrected chi connectivity index (χ1v) is 8.02. The Hall–Kier alpha value is -0.550. The highest BCUT2D eigenvalue weighted by Gasteiger charge is 2.13. The molecule has 0 spiro atoms. The van der Waals surface area contributed by atoms with Crippen LogP contribution in [-0.2, 0) is 4.74 Å². The molecule has 0 bridgehead atoms. The van der Waals surface area contributed by atoms with Crippen molar-refractivity contribution in [2.24, 2.45) is 0 Å². The summed E-state index contributed by atoms with van der Waals surface area (Å²) in [6.07, 6.45) is 1.20. The Balaban J connectivity index is 1.67. The molecule has 19 heavy (non-hydrogen) atoms. The molecule has 1 aliphatic rings. The number of nitrogens with one attached hydrogen (secondary N) is 1. The maximum absolute atomic E-state index is 5.38. The lowest BCUT2D eigenvalue weighted by Gasteiger charge is -2.28. The van der Waals surface area contributed by atoms with E-state index in [0.717, 1.165) is 32.1 Å². The first kappa shape index (κ1) is 14.9. The van der Waals surface area contributed by atoms with Crippen molar-refractivity contribution in [3.8, 4) is 0 Å². The summed E-state index contributed by atoms with van der Waals surface area (Å²) in [6, 6.07) is 11.2. The third-order valence-electron chi connectivity index (χ3n) is 3.50. The topological polar surface area (TPSA) is 24.5 Å². The van der Waals surface area contributed by atoms with Crippen LogP contribution in [0.3, 0.4) is 0 Å². The second-order valence-electron chi connectivity index (χ2n) is 4.85. The lowest BCUT2D eigenvalue weighted by atomic mass is 10.2. The van der Waals surface area contributed by atoms with E-state index >= 15 is 0 Å². The van der Waals surface area contributed by atoms with Gasteiger partial charge in [0.15, 0.2) is 0 Å². The molecular weight excluding hydrogens is 256 g/mol. The van der Waals surface area contributed by atoms with Crippen LogP contribution in [0.2, 0.25) is 0 Å². The smallest absolute Gasteiger partial charge is 0.0594 e. The van der Waals surface area contributed by atoms with Gasteiger partial charge in [-0.25, -0.2) is 0 Å². The van der Waals surface area contributed by atoms with E-state index in [1.807, 2.05) is 11.8 Å². The average molecular weight is 280 g/mol. The van der Waals surface area contributed by atoms with Crippen molar-refractivity contribution in [1.29, 1.82) is 0 Å². The number of benzene rings is 1. The van der Waals surface area contributed by atoms with Crippen molar-refractivity contribution in [2.75, 3.05) is 45.6 Å². The summed E-state index contributed by atoms with van der Waals surface area (Å²) in [5.41, 5.74) is 0. The molecule has 1 saturated heterocycles. The van der Waals surface area contributed by atoms with Crippen LogP contribution in [0.15, 0.2) is 35.2 Å². The monoisotopic (exact) mass is 280 g/mol. The fraction of sp³-hybridized carbons (Fsp3) is 0.600. The fourth-order valence-corrected chi connectivity index (χ4v) is 3.26. The Morgan fingerprint density at radius 2 is 2.00 bits per heavy atom. The van der Waals surface area contributed by atoms with Gasteiger partial charge in [-0.3, -0.25) is 4.90 Å². The minimum Gasteiger partial charge on any atom is -0.379 e. The number of rotatable bonds is 7. The van der Waals surface area contributed by atoms with E-state index < -0.39 is 0 Å². The second kappa shape index (κ2) is 8.59. The third-order valence-corrected chi connectivity index (χ3v) is 4.67. The van der Waals surface area contributed by atoms with Gasteiger partial charge >= 0.3 is 0 Å². The maximum Gasteiger partial charge on any atom is 0.0594 e. The van der Waals surface area contributed by atoms with Gasteiger partial charge in [-0.2, -0.15) is 0 Å². The van der Waals surface area contributed by atoms with Crippen LogP contribution < -0.4 is 5.32 Å². The Kier molecular flexibility index (Phi) is 6.71. The molecule has 1 fully saturated rings. The van der Waals surface area contributed by atoms with Gasteiger partial charge in [-0.15, -0.1) is 11.8 Å². The van der Waals surface area contributed by atoms with Crippen molar-refractivity contribution in [3.05, 3.63) is 30.3 Å². The highest BCUT2D eigenvalue weighted by Crippen LogP contribution is 2.18. The number of hydrogen-bond acceptors (Lipinski definition) is 4. The molecule has 0 unspecified atom stereocenters. The molecule has 0 aliphatic carbocycles. The molecule has 1 atom stereocenters. The summed E-state index contributed by atoms with van der Waals surface area (Å²) in [5, 5.41) is 3.43. The molecule has 1 heterocycles. The van der Waals surface area contributed by atoms with E-state index in [9.17, 15) is 0 Å². The molecule has 1 aliphatic heterocycles. The minimum absolute atomic E-state index is 0.577. The zero-order valence-corrected chi connectivity index (χ0v) is 12.5. The molecule has 2 rings (SSSR count). The second-order valence-corrected chi connectivity index (χ2v) is 5.95. The lowest BCUT2D eigenvalue weighted by molar-refractivity contribution is 0.0365. The third kappa shape index (κ3) is 5.53. The largest absolute Gasteiger partial charge is 0.379 e. The standard InChI is InChI=1S/C15H24N2OS/c1-16-14(7-8-17-9-11-18-12-10-17)13-19-15-5-3-2-4-6-15/h2-6,14,16H,7-13H2,1H3/t14-/m1/s1. The van der Waals surface area contributed by atoms with Gasteiger partial charge in [0.2, 0.25) is 0 Å². The zero-order valence-electron chi connectivity index (χ0n) is 11.7. The normalized spacial score (nSPS) is 18.4. The summed E-state index contributed by atoms with van der Waals surface area (Å²) in [5.74, 6) is 1.13. The molecule has 1 N–H and O–H groups in total.